The summed E-state index contributed by atoms with van der Waals surface area (Å²) in [5, 5.41) is 9.86. The SMILES string of the molecule is CC#CCCC1=CC[C@H]2/C(=C/C=C3/CCC[C@H](O)C3)CCC[C@]12C. The van der Waals surface area contributed by atoms with Gasteiger partial charge in [-0.25, -0.2) is 0 Å². The summed E-state index contributed by atoms with van der Waals surface area (Å²) in [6, 6.07) is 0. The van der Waals surface area contributed by atoms with E-state index in [9.17, 15) is 5.11 Å². The van der Waals surface area contributed by atoms with Crippen molar-refractivity contribution in [2.75, 3.05) is 0 Å². The molecule has 0 heterocycles. The second-order valence-corrected chi connectivity index (χ2v) is 8.03. The number of allylic oxidation sites excluding steroid dienone is 5. The van der Waals surface area contributed by atoms with Gasteiger partial charge in [0.25, 0.3) is 0 Å². The van der Waals surface area contributed by atoms with E-state index >= 15 is 0 Å². The molecule has 0 aliphatic heterocycles. The van der Waals surface area contributed by atoms with Crippen LogP contribution >= 0.6 is 0 Å². The Morgan fingerprint density at radius 2 is 2.17 bits per heavy atom. The zero-order valence-corrected chi connectivity index (χ0v) is 15.4. The first-order chi connectivity index (χ1) is 11.6. The molecule has 0 saturated heterocycles. The van der Waals surface area contributed by atoms with Crippen molar-refractivity contribution in [1.82, 2.24) is 0 Å². The van der Waals surface area contributed by atoms with E-state index in [1.807, 2.05) is 6.92 Å². The van der Waals surface area contributed by atoms with Crippen LogP contribution in [0.15, 0.2) is 34.9 Å². The van der Waals surface area contributed by atoms with Gasteiger partial charge < -0.3 is 5.11 Å². The van der Waals surface area contributed by atoms with Crippen molar-refractivity contribution in [3.8, 4) is 11.8 Å². The highest BCUT2D eigenvalue weighted by Gasteiger charge is 2.44. The first-order valence-corrected chi connectivity index (χ1v) is 9.79. The van der Waals surface area contributed by atoms with Gasteiger partial charge in [-0.05, 0) is 76.0 Å². The smallest absolute Gasteiger partial charge is 0.0577 e. The summed E-state index contributed by atoms with van der Waals surface area (Å²) in [6.07, 6.45) is 18.6. The quantitative estimate of drug-likeness (QED) is 0.520. The Morgan fingerprint density at radius 1 is 1.29 bits per heavy atom. The topological polar surface area (TPSA) is 20.2 Å². The number of aliphatic hydroxyl groups is 1. The summed E-state index contributed by atoms with van der Waals surface area (Å²) in [5.41, 5.74) is 5.10. The monoisotopic (exact) mass is 324 g/mol. The van der Waals surface area contributed by atoms with Crippen LogP contribution in [0, 0.1) is 23.2 Å². The predicted octanol–water partition coefficient (Wildman–Crippen LogP) is 5.71. The molecule has 0 spiro atoms. The molecule has 0 unspecified atom stereocenters. The third-order valence-electron chi connectivity index (χ3n) is 6.47. The van der Waals surface area contributed by atoms with Crippen molar-refractivity contribution in [2.45, 2.75) is 84.2 Å². The first-order valence-electron chi connectivity index (χ1n) is 9.79. The highest BCUT2D eigenvalue weighted by Crippen LogP contribution is 2.55. The van der Waals surface area contributed by atoms with Crippen LogP contribution in [-0.4, -0.2) is 11.2 Å². The molecule has 130 valence electrons. The molecule has 3 rings (SSSR count). The summed E-state index contributed by atoms with van der Waals surface area (Å²) in [6.45, 7) is 4.42. The van der Waals surface area contributed by atoms with E-state index in [0.29, 0.717) is 11.3 Å². The number of rotatable bonds is 3. The van der Waals surface area contributed by atoms with Crippen LogP contribution in [0.2, 0.25) is 0 Å². The van der Waals surface area contributed by atoms with Gasteiger partial charge in [-0.2, -0.15) is 0 Å². The number of fused-ring (bicyclic) bond motifs is 1. The van der Waals surface area contributed by atoms with Gasteiger partial charge in [-0.15, -0.1) is 11.8 Å². The van der Waals surface area contributed by atoms with E-state index < -0.39 is 0 Å². The molecule has 2 fully saturated rings. The van der Waals surface area contributed by atoms with Crippen LogP contribution < -0.4 is 0 Å². The maximum atomic E-state index is 9.86. The highest BCUT2D eigenvalue weighted by atomic mass is 16.3. The van der Waals surface area contributed by atoms with Crippen LogP contribution in [0.3, 0.4) is 0 Å². The average Bonchev–Trinajstić information content (AvgIpc) is 2.90. The molecule has 1 heteroatoms. The zero-order valence-electron chi connectivity index (χ0n) is 15.4. The van der Waals surface area contributed by atoms with E-state index in [1.165, 1.54) is 37.7 Å². The Labute approximate surface area is 147 Å². The van der Waals surface area contributed by atoms with E-state index in [0.717, 1.165) is 32.1 Å². The lowest BCUT2D eigenvalue weighted by atomic mass is 9.63. The Bertz CT molecular complexity index is 610. The van der Waals surface area contributed by atoms with Gasteiger partial charge >= 0.3 is 0 Å². The number of aliphatic hydroxyl groups excluding tert-OH is 1. The van der Waals surface area contributed by atoms with Crippen molar-refractivity contribution >= 4 is 0 Å². The molecule has 0 amide bonds. The summed E-state index contributed by atoms with van der Waals surface area (Å²) in [4.78, 5) is 0. The van der Waals surface area contributed by atoms with Gasteiger partial charge in [0.15, 0.2) is 0 Å². The molecular weight excluding hydrogens is 292 g/mol. The average molecular weight is 325 g/mol. The van der Waals surface area contributed by atoms with E-state index in [4.69, 9.17) is 0 Å². The molecule has 0 bridgehead atoms. The van der Waals surface area contributed by atoms with Gasteiger partial charge in [-0.1, -0.05) is 41.9 Å². The minimum absolute atomic E-state index is 0.112. The normalized spacial score (nSPS) is 36.2. The van der Waals surface area contributed by atoms with Crippen LogP contribution in [-0.2, 0) is 0 Å². The molecule has 0 aromatic carbocycles. The Balaban J connectivity index is 1.72. The molecule has 3 atom stereocenters. The van der Waals surface area contributed by atoms with Crippen LogP contribution in [0.4, 0.5) is 0 Å². The molecule has 3 aliphatic carbocycles. The van der Waals surface area contributed by atoms with Gasteiger partial charge in [0, 0.05) is 6.42 Å². The minimum Gasteiger partial charge on any atom is -0.393 e. The minimum atomic E-state index is -0.112. The molecule has 0 radical (unpaired) electrons. The van der Waals surface area contributed by atoms with Crippen molar-refractivity contribution in [3.63, 3.8) is 0 Å². The van der Waals surface area contributed by atoms with Crippen molar-refractivity contribution in [1.29, 1.82) is 0 Å². The van der Waals surface area contributed by atoms with Crippen LogP contribution in [0.25, 0.3) is 0 Å². The van der Waals surface area contributed by atoms with Gasteiger partial charge in [0.2, 0.25) is 0 Å². The number of hydrogen-bond donors (Lipinski definition) is 1. The van der Waals surface area contributed by atoms with Crippen molar-refractivity contribution < 1.29 is 5.11 Å². The molecular formula is C23H32O. The first kappa shape index (κ1) is 17.6. The van der Waals surface area contributed by atoms with Crippen molar-refractivity contribution in [3.05, 3.63) is 34.9 Å². The van der Waals surface area contributed by atoms with Crippen LogP contribution in [0.1, 0.15) is 78.1 Å². The summed E-state index contributed by atoms with van der Waals surface area (Å²) in [7, 11) is 0. The summed E-state index contributed by atoms with van der Waals surface area (Å²) in [5.74, 6) is 6.96. The second kappa shape index (κ2) is 7.75. The summed E-state index contributed by atoms with van der Waals surface area (Å²) >= 11 is 0. The fourth-order valence-electron chi connectivity index (χ4n) is 5.06. The van der Waals surface area contributed by atoms with E-state index in [2.05, 4.69) is 37.0 Å². The molecule has 2 saturated carbocycles. The third-order valence-corrected chi connectivity index (χ3v) is 6.47. The van der Waals surface area contributed by atoms with E-state index in [1.54, 1.807) is 11.1 Å². The van der Waals surface area contributed by atoms with Gasteiger partial charge in [0.05, 0.1) is 6.10 Å². The van der Waals surface area contributed by atoms with Crippen molar-refractivity contribution in [2.24, 2.45) is 11.3 Å². The highest BCUT2D eigenvalue weighted by molar-refractivity contribution is 5.34. The van der Waals surface area contributed by atoms with Gasteiger partial charge in [-0.3, -0.25) is 0 Å². The predicted molar refractivity (Wildman–Crippen MR) is 101 cm³/mol. The summed E-state index contributed by atoms with van der Waals surface area (Å²) < 4.78 is 0. The molecule has 1 nitrogen and oxygen atoms in total. The molecule has 24 heavy (non-hydrogen) atoms. The Morgan fingerprint density at radius 3 is 2.96 bits per heavy atom. The second-order valence-electron chi connectivity index (χ2n) is 8.03. The Kier molecular flexibility index (Phi) is 5.67. The third kappa shape index (κ3) is 3.70. The van der Waals surface area contributed by atoms with Crippen LogP contribution in [0.5, 0.6) is 0 Å². The zero-order chi connectivity index (χ0) is 17.0. The molecule has 0 aromatic rings. The molecule has 1 N–H and O–H groups in total. The molecule has 0 aromatic heterocycles. The molecule has 3 aliphatic rings. The Hall–Kier alpha value is -1.26. The number of hydrogen-bond acceptors (Lipinski definition) is 1. The van der Waals surface area contributed by atoms with Gasteiger partial charge in [0.1, 0.15) is 0 Å². The lowest BCUT2D eigenvalue weighted by molar-refractivity contribution is 0.149. The maximum Gasteiger partial charge on any atom is 0.0577 e. The lowest BCUT2D eigenvalue weighted by Gasteiger charge is -2.41. The fourth-order valence-corrected chi connectivity index (χ4v) is 5.06. The maximum absolute atomic E-state index is 9.86. The fraction of sp³-hybridized carbons (Fsp3) is 0.652. The largest absolute Gasteiger partial charge is 0.393 e. The van der Waals surface area contributed by atoms with E-state index in [-0.39, 0.29) is 6.10 Å². The lowest BCUT2D eigenvalue weighted by Crippen LogP contribution is -2.30. The standard InChI is InChI=1S/C23H32O/c1-3-4-5-10-20-14-15-22-19(9-7-16-23(20,22)2)13-12-18-8-6-11-21(24)17-18/h12-14,21-22,24H,5-11,15-17H2,1-2H3/b18-12-,19-13+/t21-,22-,23+/m0/s1.